The molecule has 1 aliphatic rings. The van der Waals surface area contributed by atoms with E-state index in [0.717, 1.165) is 11.1 Å². The standard InChI is InChI=1S/C24H26Br2O6/c1-3-29-21(27)23(22(28)30-4-2)15-31-24(32-16-23,19(25)17-11-7-5-8-12-17)20(26)18-13-9-6-10-14-18/h5-14,19-20H,3-4,15-16H2,1-2H3/t19-,20-/m1/s1. The Morgan fingerprint density at radius 1 is 0.812 bits per heavy atom. The maximum absolute atomic E-state index is 12.8. The molecule has 0 bridgehead atoms. The molecular weight excluding hydrogens is 544 g/mol. The van der Waals surface area contributed by atoms with Gasteiger partial charge in [-0.2, -0.15) is 0 Å². The number of hydrogen-bond acceptors (Lipinski definition) is 6. The van der Waals surface area contributed by atoms with Gasteiger partial charge in [0.15, 0.2) is 0 Å². The van der Waals surface area contributed by atoms with Gasteiger partial charge in [0.2, 0.25) is 11.2 Å². The Bertz CT molecular complexity index is 830. The molecule has 6 nitrogen and oxygen atoms in total. The normalized spacial score (nSPS) is 18.9. The average Bonchev–Trinajstić information content (AvgIpc) is 2.84. The second-order valence-electron chi connectivity index (χ2n) is 7.37. The van der Waals surface area contributed by atoms with Crippen LogP contribution in [0.5, 0.6) is 0 Å². The summed E-state index contributed by atoms with van der Waals surface area (Å²) >= 11 is 7.53. The lowest BCUT2D eigenvalue weighted by atomic mass is 9.87. The number of ether oxygens (including phenoxy) is 4. The van der Waals surface area contributed by atoms with Gasteiger partial charge in [0.1, 0.15) is 0 Å². The Balaban J connectivity index is 2.00. The molecule has 0 saturated carbocycles. The van der Waals surface area contributed by atoms with E-state index >= 15 is 0 Å². The average molecular weight is 570 g/mol. The number of hydrogen-bond donors (Lipinski definition) is 0. The Kier molecular flexibility index (Phi) is 8.49. The number of rotatable bonds is 8. The fourth-order valence-corrected chi connectivity index (χ4v) is 5.57. The van der Waals surface area contributed by atoms with Gasteiger partial charge in [-0.25, -0.2) is 0 Å². The topological polar surface area (TPSA) is 71.1 Å². The first-order valence-electron chi connectivity index (χ1n) is 10.4. The molecule has 0 spiro atoms. The molecule has 2 aromatic carbocycles. The summed E-state index contributed by atoms with van der Waals surface area (Å²) < 4.78 is 23.0. The maximum Gasteiger partial charge on any atom is 0.328 e. The van der Waals surface area contributed by atoms with Crippen LogP contribution in [0.1, 0.15) is 34.6 Å². The summed E-state index contributed by atoms with van der Waals surface area (Å²) in [7, 11) is 0. The van der Waals surface area contributed by atoms with Gasteiger partial charge in [0.05, 0.1) is 36.1 Å². The second-order valence-corrected chi connectivity index (χ2v) is 9.20. The van der Waals surface area contributed by atoms with Gasteiger partial charge in [-0.05, 0) is 25.0 Å². The van der Waals surface area contributed by atoms with Crippen molar-refractivity contribution >= 4 is 43.8 Å². The van der Waals surface area contributed by atoms with Gasteiger partial charge in [0, 0.05) is 0 Å². The van der Waals surface area contributed by atoms with E-state index < -0.39 is 32.8 Å². The van der Waals surface area contributed by atoms with Crippen LogP contribution in [0.15, 0.2) is 60.7 Å². The maximum atomic E-state index is 12.8. The minimum absolute atomic E-state index is 0.126. The molecule has 0 radical (unpaired) electrons. The Morgan fingerprint density at radius 2 is 1.19 bits per heavy atom. The van der Waals surface area contributed by atoms with Gasteiger partial charge < -0.3 is 18.9 Å². The molecule has 1 saturated heterocycles. The van der Waals surface area contributed by atoms with Crippen molar-refractivity contribution in [3.8, 4) is 0 Å². The number of carbonyl (C=O) groups is 2. The predicted molar refractivity (Wildman–Crippen MR) is 127 cm³/mol. The lowest BCUT2D eigenvalue weighted by molar-refractivity contribution is -0.300. The quantitative estimate of drug-likeness (QED) is 0.250. The number of esters is 2. The van der Waals surface area contributed by atoms with E-state index in [2.05, 4.69) is 31.9 Å². The summed E-state index contributed by atoms with van der Waals surface area (Å²) in [6, 6.07) is 19.4. The van der Waals surface area contributed by atoms with Gasteiger partial charge in [0.25, 0.3) is 0 Å². The monoisotopic (exact) mass is 568 g/mol. The van der Waals surface area contributed by atoms with Crippen LogP contribution < -0.4 is 0 Å². The zero-order valence-electron chi connectivity index (χ0n) is 18.0. The second kappa shape index (κ2) is 10.9. The highest BCUT2D eigenvalue weighted by Gasteiger charge is 2.60. The summed E-state index contributed by atoms with van der Waals surface area (Å²) in [5.41, 5.74) is 0.155. The molecule has 32 heavy (non-hydrogen) atoms. The van der Waals surface area contributed by atoms with Gasteiger partial charge in [-0.3, -0.25) is 9.59 Å². The first kappa shape index (κ1) is 24.9. The highest BCUT2D eigenvalue weighted by atomic mass is 79.9. The van der Waals surface area contributed by atoms with Crippen molar-refractivity contribution in [1.82, 2.24) is 0 Å². The molecule has 1 heterocycles. The molecule has 0 unspecified atom stereocenters. The van der Waals surface area contributed by atoms with E-state index in [0.29, 0.717) is 0 Å². The first-order valence-corrected chi connectivity index (χ1v) is 12.2. The van der Waals surface area contributed by atoms with E-state index in [1.165, 1.54) is 0 Å². The predicted octanol–water partition coefficient (Wildman–Crippen LogP) is 5.11. The van der Waals surface area contributed by atoms with Crippen molar-refractivity contribution in [3.05, 3.63) is 71.8 Å². The molecule has 8 heteroatoms. The number of halogens is 2. The molecule has 1 aliphatic heterocycles. The molecule has 0 aromatic heterocycles. The van der Waals surface area contributed by atoms with Crippen LogP contribution in [0.2, 0.25) is 0 Å². The third-order valence-corrected chi connectivity index (χ3v) is 7.65. The fourth-order valence-electron chi connectivity index (χ4n) is 3.54. The van der Waals surface area contributed by atoms with Crippen molar-refractivity contribution in [1.29, 1.82) is 0 Å². The molecule has 3 rings (SSSR count). The lowest BCUT2D eigenvalue weighted by Gasteiger charge is -2.48. The number of benzene rings is 2. The molecule has 0 aliphatic carbocycles. The highest BCUT2D eigenvalue weighted by Crippen LogP contribution is 2.53. The minimum atomic E-state index is -1.69. The van der Waals surface area contributed by atoms with Crippen LogP contribution in [-0.4, -0.2) is 44.2 Å². The molecule has 172 valence electrons. The zero-order valence-corrected chi connectivity index (χ0v) is 21.1. The summed E-state index contributed by atoms with van der Waals surface area (Å²) in [4.78, 5) is 24.8. The van der Waals surface area contributed by atoms with Crippen LogP contribution in [0.25, 0.3) is 0 Å². The Morgan fingerprint density at radius 3 is 1.53 bits per heavy atom. The van der Waals surface area contributed by atoms with Crippen molar-refractivity contribution in [2.45, 2.75) is 29.3 Å². The van der Waals surface area contributed by atoms with E-state index in [1.54, 1.807) is 13.8 Å². The minimum Gasteiger partial charge on any atom is -0.465 e. The van der Waals surface area contributed by atoms with Crippen molar-refractivity contribution < 1.29 is 28.5 Å². The molecular formula is C24H26Br2O6. The summed E-state index contributed by atoms with van der Waals surface area (Å²) in [6.07, 6.45) is 0. The number of alkyl halides is 2. The fraction of sp³-hybridized carbons (Fsp3) is 0.417. The zero-order chi connectivity index (χ0) is 23.2. The summed E-state index contributed by atoms with van der Waals surface area (Å²) in [5, 5.41) is 0. The van der Waals surface area contributed by atoms with E-state index in [9.17, 15) is 9.59 Å². The molecule has 0 N–H and O–H groups in total. The first-order chi connectivity index (χ1) is 15.4. The molecule has 2 atom stereocenters. The van der Waals surface area contributed by atoms with Gasteiger partial charge >= 0.3 is 11.9 Å². The summed E-state index contributed by atoms with van der Waals surface area (Å²) in [6.45, 7) is 3.13. The third kappa shape index (κ3) is 4.78. The van der Waals surface area contributed by atoms with Crippen LogP contribution >= 0.6 is 31.9 Å². The van der Waals surface area contributed by atoms with Crippen LogP contribution in [0.4, 0.5) is 0 Å². The SMILES string of the molecule is CCOC(=O)C1(C(=O)OCC)COC([C@H](Br)c2ccccc2)([C@H](Br)c2ccccc2)OC1. The van der Waals surface area contributed by atoms with Crippen molar-refractivity contribution in [2.24, 2.45) is 5.41 Å². The van der Waals surface area contributed by atoms with Crippen LogP contribution in [-0.2, 0) is 28.5 Å². The highest BCUT2D eigenvalue weighted by molar-refractivity contribution is 9.10. The van der Waals surface area contributed by atoms with E-state index in [1.807, 2.05) is 60.7 Å². The van der Waals surface area contributed by atoms with Crippen molar-refractivity contribution in [2.75, 3.05) is 26.4 Å². The van der Waals surface area contributed by atoms with E-state index in [-0.39, 0.29) is 26.4 Å². The third-order valence-electron chi connectivity index (χ3n) is 5.31. The molecule has 1 fully saturated rings. The van der Waals surface area contributed by atoms with Gasteiger partial charge in [-0.1, -0.05) is 92.5 Å². The molecule has 2 aromatic rings. The van der Waals surface area contributed by atoms with Crippen molar-refractivity contribution in [3.63, 3.8) is 0 Å². The summed E-state index contributed by atoms with van der Waals surface area (Å²) in [5.74, 6) is -2.70. The largest absolute Gasteiger partial charge is 0.465 e. The molecule has 0 amide bonds. The number of carbonyl (C=O) groups excluding carboxylic acids is 2. The Hall–Kier alpha value is -1.74. The van der Waals surface area contributed by atoms with Crippen LogP contribution in [0, 0.1) is 5.41 Å². The smallest absolute Gasteiger partial charge is 0.328 e. The van der Waals surface area contributed by atoms with Crippen LogP contribution in [0.3, 0.4) is 0 Å². The lowest BCUT2D eigenvalue weighted by Crippen LogP contribution is -2.60. The Labute approximate surface area is 204 Å². The van der Waals surface area contributed by atoms with Gasteiger partial charge in [-0.15, -0.1) is 0 Å². The van der Waals surface area contributed by atoms with E-state index in [4.69, 9.17) is 18.9 Å².